The Labute approximate surface area is 198 Å². The number of hydrogen-bond acceptors (Lipinski definition) is 4. The number of nitrogen functional groups attached to an aromatic ring is 1. The molecule has 0 unspecified atom stereocenters. The molecular formula is C28H25N3O3. The Hall–Kier alpha value is -4.58. The number of aryl methyl sites for hydroxylation is 1. The SMILES string of the molecule is Cc1ccc(N(C)C(=O)c2ccccc2NC(=O)c2c(N)cccc2-c2ccccc2)c(O)c1. The van der Waals surface area contributed by atoms with Crippen LogP contribution in [-0.2, 0) is 0 Å². The van der Waals surface area contributed by atoms with Gasteiger partial charge in [-0.1, -0.05) is 60.7 Å². The summed E-state index contributed by atoms with van der Waals surface area (Å²) < 4.78 is 0. The van der Waals surface area contributed by atoms with E-state index in [4.69, 9.17) is 5.73 Å². The van der Waals surface area contributed by atoms with Crippen LogP contribution in [0.25, 0.3) is 11.1 Å². The lowest BCUT2D eigenvalue weighted by atomic mass is 9.97. The minimum absolute atomic E-state index is 0.00179. The average molecular weight is 452 g/mol. The van der Waals surface area contributed by atoms with Crippen molar-refractivity contribution in [2.75, 3.05) is 23.0 Å². The van der Waals surface area contributed by atoms with E-state index in [-0.39, 0.29) is 17.2 Å². The predicted octanol–water partition coefficient (Wildman–Crippen LogP) is 5.48. The van der Waals surface area contributed by atoms with Crippen molar-refractivity contribution < 1.29 is 14.7 Å². The van der Waals surface area contributed by atoms with Crippen LogP contribution < -0.4 is 16.0 Å². The third-order valence-electron chi connectivity index (χ3n) is 5.61. The van der Waals surface area contributed by atoms with E-state index in [9.17, 15) is 14.7 Å². The number of anilines is 3. The lowest BCUT2D eigenvalue weighted by Crippen LogP contribution is -2.28. The van der Waals surface area contributed by atoms with Gasteiger partial charge in [0.15, 0.2) is 0 Å². The molecule has 0 aliphatic rings. The first-order valence-electron chi connectivity index (χ1n) is 10.8. The monoisotopic (exact) mass is 451 g/mol. The van der Waals surface area contributed by atoms with Crippen molar-refractivity contribution in [1.82, 2.24) is 0 Å². The van der Waals surface area contributed by atoms with Crippen LogP contribution >= 0.6 is 0 Å². The van der Waals surface area contributed by atoms with E-state index in [1.165, 1.54) is 4.90 Å². The Morgan fingerprint density at radius 1 is 0.882 bits per heavy atom. The minimum Gasteiger partial charge on any atom is -0.506 e. The molecule has 0 saturated heterocycles. The molecule has 0 heterocycles. The number of carbonyl (C=O) groups excluding carboxylic acids is 2. The largest absolute Gasteiger partial charge is 0.506 e. The van der Waals surface area contributed by atoms with Gasteiger partial charge >= 0.3 is 0 Å². The number of amides is 2. The van der Waals surface area contributed by atoms with Crippen LogP contribution in [0.5, 0.6) is 5.75 Å². The highest BCUT2D eigenvalue weighted by Gasteiger charge is 2.22. The summed E-state index contributed by atoms with van der Waals surface area (Å²) in [6.07, 6.45) is 0. The quantitative estimate of drug-likeness (QED) is 0.350. The Morgan fingerprint density at radius 2 is 1.59 bits per heavy atom. The fourth-order valence-electron chi connectivity index (χ4n) is 3.85. The molecule has 4 aromatic rings. The van der Waals surface area contributed by atoms with Gasteiger partial charge in [0.25, 0.3) is 11.8 Å². The molecule has 0 aliphatic carbocycles. The summed E-state index contributed by atoms with van der Waals surface area (Å²) in [5.41, 5.74) is 10.3. The smallest absolute Gasteiger partial charge is 0.260 e. The maximum Gasteiger partial charge on any atom is 0.260 e. The van der Waals surface area contributed by atoms with Gasteiger partial charge in [0.2, 0.25) is 0 Å². The molecule has 0 aliphatic heterocycles. The van der Waals surface area contributed by atoms with Gasteiger partial charge in [0.1, 0.15) is 5.75 Å². The van der Waals surface area contributed by atoms with Gasteiger partial charge in [0, 0.05) is 12.7 Å². The zero-order valence-electron chi connectivity index (χ0n) is 18.9. The normalized spacial score (nSPS) is 10.5. The van der Waals surface area contributed by atoms with Crippen LogP contribution in [0.15, 0.2) is 91.0 Å². The van der Waals surface area contributed by atoms with Crippen molar-refractivity contribution in [2.24, 2.45) is 0 Å². The van der Waals surface area contributed by atoms with Crippen molar-refractivity contribution in [3.8, 4) is 16.9 Å². The number of benzene rings is 4. The minimum atomic E-state index is -0.418. The zero-order chi connectivity index (χ0) is 24.2. The van der Waals surface area contributed by atoms with Crippen LogP contribution in [0.2, 0.25) is 0 Å². The Bertz CT molecular complexity index is 1370. The van der Waals surface area contributed by atoms with Crippen molar-refractivity contribution in [3.63, 3.8) is 0 Å². The highest BCUT2D eigenvalue weighted by Crippen LogP contribution is 2.31. The first-order chi connectivity index (χ1) is 16.4. The van der Waals surface area contributed by atoms with Gasteiger partial charge in [-0.25, -0.2) is 0 Å². The number of rotatable bonds is 5. The number of nitrogens with zero attached hydrogens (tertiary/aromatic N) is 1. The topological polar surface area (TPSA) is 95.7 Å². The fraction of sp³-hybridized carbons (Fsp3) is 0.0714. The summed E-state index contributed by atoms with van der Waals surface area (Å²) >= 11 is 0. The van der Waals surface area contributed by atoms with Gasteiger partial charge < -0.3 is 21.1 Å². The fourth-order valence-corrected chi connectivity index (χ4v) is 3.85. The lowest BCUT2D eigenvalue weighted by Gasteiger charge is -2.21. The van der Waals surface area contributed by atoms with Gasteiger partial charge in [-0.05, 0) is 53.9 Å². The summed E-state index contributed by atoms with van der Waals surface area (Å²) in [6, 6.07) is 26.7. The second-order valence-corrected chi connectivity index (χ2v) is 7.99. The molecule has 34 heavy (non-hydrogen) atoms. The van der Waals surface area contributed by atoms with Gasteiger partial charge in [-0.3, -0.25) is 9.59 Å². The Morgan fingerprint density at radius 3 is 2.32 bits per heavy atom. The summed E-state index contributed by atoms with van der Waals surface area (Å²) in [5.74, 6) is -0.792. The number of aromatic hydroxyl groups is 1. The molecule has 170 valence electrons. The molecule has 0 aromatic heterocycles. The number of carbonyl (C=O) groups is 2. The van der Waals surface area contributed by atoms with Crippen LogP contribution in [0.3, 0.4) is 0 Å². The first kappa shape index (κ1) is 22.6. The molecule has 0 radical (unpaired) electrons. The summed E-state index contributed by atoms with van der Waals surface area (Å²) in [6.45, 7) is 1.86. The lowest BCUT2D eigenvalue weighted by molar-refractivity contribution is 0.0993. The van der Waals surface area contributed by atoms with Crippen LogP contribution in [-0.4, -0.2) is 24.0 Å². The average Bonchev–Trinajstić information content (AvgIpc) is 2.84. The molecule has 0 bridgehead atoms. The molecule has 6 nitrogen and oxygen atoms in total. The van der Waals surface area contributed by atoms with E-state index in [2.05, 4.69) is 5.32 Å². The predicted molar refractivity (Wildman–Crippen MR) is 136 cm³/mol. The zero-order valence-corrected chi connectivity index (χ0v) is 18.9. The van der Waals surface area contributed by atoms with E-state index in [0.717, 1.165) is 11.1 Å². The Kier molecular flexibility index (Phi) is 6.32. The first-order valence-corrected chi connectivity index (χ1v) is 10.8. The van der Waals surface area contributed by atoms with E-state index in [1.807, 2.05) is 49.4 Å². The van der Waals surface area contributed by atoms with Crippen LogP contribution in [0.1, 0.15) is 26.3 Å². The molecular weight excluding hydrogens is 426 g/mol. The third-order valence-corrected chi connectivity index (χ3v) is 5.61. The number of nitrogens with one attached hydrogen (secondary N) is 1. The number of hydrogen-bond donors (Lipinski definition) is 3. The molecule has 4 aromatic carbocycles. The molecule has 4 rings (SSSR count). The maximum absolute atomic E-state index is 13.4. The molecule has 6 heteroatoms. The van der Waals surface area contributed by atoms with Crippen LogP contribution in [0, 0.1) is 6.92 Å². The summed E-state index contributed by atoms with van der Waals surface area (Å²) in [5, 5.41) is 13.2. The highest BCUT2D eigenvalue weighted by atomic mass is 16.3. The van der Waals surface area contributed by atoms with E-state index in [1.54, 1.807) is 55.6 Å². The molecule has 2 amide bonds. The highest BCUT2D eigenvalue weighted by molar-refractivity contribution is 6.16. The number of nitrogens with two attached hydrogens (primary N) is 1. The van der Waals surface area contributed by atoms with Gasteiger partial charge in [-0.2, -0.15) is 0 Å². The second kappa shape index (κ2) is 9.50. The van der Waals surface area contributed by atoms with E-state index >= 15 is 0 Å². The molecule has 0 fully saturated rings. The van der Waals surface area contributed by atoms with Gasteiger partial charge in [0.05, 0.1) is 22.5 Å². The third kappa shape index (κ3) is 4.47. The molecule has 0 spiro atoms. The van der Waals surface area contributed by atoms with Crippen molar-refractivity contribution in [2.45, 2.75) is 6.92 Å². The maximum atomic E-state index is 13.4. The number of phenols is 1. The molecule has 4 N–H and O–H groups in total. The van der Waals surface area contributed by atoms with Crippen molar-refractivity contribution >= 4 is 28.9 Å². The van der Waals surface area contributed by atoms with E-state index in [0.29, 0.717) is 28.2 Å². The number of para-hydroxylation sites is 1. The summed E-state index contributed by atoms with van der Waals surface area (Å²) in [7, 11) is 1.58. The summed E-state index contributed by atoms with van der Waals surface area (Å²) in [4.78, 5) is 28.0. The Balaban J connectivity index is 1.68. The molecule has 0 atom stereocenters. The number of phenolic OH excluding ortho intramolecular Hbond substituents is 1. The van der Waals surface area contributed by atoms with Crippen molar-refractivity contribution in [3.05, 3.63) is 108 Å². The second-order valence-electron chi connectivity index (χ2n) is 7.99. The van der Waals surface area contributed by atoms with Crippen molar-refractivity contribution in [1.29, 1.82) is 0 Å². The van der Waals surface area contributed by atoms with Crippen LogP contribution in [0.4, 0.5) is 17.1 Å². The molecule has 0 saturated carbocycles. The standard InChI is InChI=1S/C28H25N3O3/c1-18-15-16-24(25(32)17-18)31(2)28(34)21-11-6-7-14-23(21)30-27(33)26-20(12-8-13-22(26)29)19-9-4-3-5-10-19/h3-17,32H,29H2,1-2H3,(H,30,33). The van der Waals surface area contributed by atoms with Gasteiger partial charge in [-0.15, -0.1) is 0 Å². The van der Waals surface area contributed by atoms with E-state index < -0.39 is 5.91 Å².